The molecule has 1 fully saturated rings. The number of nitrogens with zero attached hydrogens (tertiary/aromatic N) is 3. The van der Waals surface area contributed by atoms with Crippen molar-refractivity contribution in [2.75, 3.05) is 25.0 Å². The first-order valence-corrected chi connectivity index (χ1v) is 5.05. The zero-order valence-electron chi connectivity index (χ0n) is 7.57. The predicted molar refractivity (Wildman–Crippen MR) is 49.9 cm³/mol. The summed E-state index contributed by atoms with van der Waals surface area (Å²) in [6, 6.07) is 0.355. The Morgan fingerprint density at radius 3 is 2.64 bits per heavy atom. The summed E-state index contributed by atoms with van der Waals surface area (Å²) in [5.41, 5.74) is 0. The van der Waals surface area contributed by atoms with Gasteiger partial charge in [-0.25, -0.2) is 8.78 Å². The van der Waals surface area contributed by atoms with Crippen LogP contribution in [0.15, 0.2) is 0 Å². The van der Waals surface area contributed by atoms with E-state index < -0.39 is 6.43 Å². The first kappa shape index (κ1) is 9.72. The molecule has 1 aromatic rings. The van der Waals surface area contributed by atoms with Gasteiger partial charge in [-0.05, 0) is 0 Å². The maximum Gasteiger partial charge on any atom is 0.291 e. The molecule has 4 nitrogen and oxygen atoms in total. The van der Waals surface area contributed by atoms with Crippen molar-refractivity contribution >= 4 is 16.5 Å². The molecule has 1 N–H and O–H groups in total. The Morgan fingerprint density at radius 1 is 1.50 bits per heavy atom. The molecule has 14 heavy (non-hydrogen) atoms. The van der Waals surface area contributed by atoms with Crippen LogP contribution in [0, 0.1) is 0 Å². The summed E-state index contributed by atoms with van der Waals surface area (Å²) >= 11 is 0.953. The second-order valence-electron chi connectivity index (χ2n) is 3.15. The van der Waals surface area contributed by atoms with Gasteiger partial charge < -0.3 is 10.2 Å². The van der Waals surface area contributed by atoms with Crippen LogP contribution in [0.25, 0.3) is 0 Å². The van der Waals surface area contributed by atoms with Crippen molar-refractivity contribution in [1.29, 1.82) is 0 Å². The minimum absolute atomic E-state index is 0.209. The average molecular weight is 220 g/mol. The normalized spacial score (nSPS) is 17.1. The summed E-state index contributed by atoms with van der Waals surface area (Å²) in [7, 11) is 1.85. The molecule has 1 aliphatic rings. The molecule has 2 rings (SSSR count). The Kier molecular flexibility index (Phi) is 2.60. The van der Waals surface area contributed by atoms with Gasteiger partial charge in [-0.15, -0.1) is 10.2 Å². The highest BCUT2D eigenvalue weighted by molar-refractivity contribution is 7.15. The lowest BCUT2D eigenvalue weighted by Crippen LogP contribution is -2.56. The van der Waals surface area contributed by atoms with Crippen molar-refractivity contribution in [3.63, 3.8) is 0 Å². The summed E-state index contributed by atoms with van der Waals surface area (Å²) in [5, 5.41) is 10.6. The smallest absolute Gasteiger partial charge is 0.291 e. The molecule has 0 bridgehead atoms. The first-order valence-electron chi connectivity index (χ1n) is 4.23. The van der Waals surface area contributed by atoms with E-state index in [-0.39, 0.29) is 5.01 Å². The minimum Gasteiger partial charge on any atom is -0.344 e. The van der Waals surface area contributed by atoms with Crippen molar-refractivity contribution in [2.45, 2.75) is 12.5 Å². The van der Waals surface area contributed by atoms with Crippen LogP contribution in [0.3, 0.4) is 0 Å². The number of rotatable bonds is 3. The van der Waals surface area contributed by atoms with E-state index in [4.69, 9.17) is 0 Å². The first-order chi connectivity index (χ1) is 6.68. The molecule has 1 aliphatic heterocycles. The molecular weight excluding hydrogens is 210 g/mol. The van der Waals surface area contributed by atoms with Crippen LogP contribution in [0.1, 0.15) is 11.4 Å². The molecule has 7 heteroatoms. The topological polar surface area (TPSA) is 41.1 Å². The highest BCUT2D eigenvalue weighted by Crippen LogP contribution is 2.28. The highest BCUT2D eigenvalue weighted by Gasteiger charge is 2.25. The summed E-state index contributed by atoms with van der Waals surface area (Å²) in [6.45, 7) is 1.75. The number of nitrogens with one attached hydrogen (secondary N) is 1. The summed E-state index contributed by atoms with van der Waals surface area (Å²) in [5.74, 6) is 0. The Balaban J connectivity index is 2.07. The van der Waals surface area contributed by atoms with E-state index in [0.29, 0.717) is 11.2 Å². The second-order valence-corrected chi connectivity index (χ2v) is 4.13. The van der Waals surface area contributed by atoms with Crippen molar-refractivity contribution in [3.05, 3.63) is 5.01 Å². The van der Waals surface area contributed by atoms with Crippen molar-refractivity contribution in [1.82, 2.24) is 15.5 Å². The number of aromatic nitrogens is 2. The van der Waals surface area contributed by atoms with Crippen LogP contribution in [0.4, 0.5) is 13.9 Å². The molecule has 0 spiro atoms. The molecule has 1 aromatic heterocycles. The van der Waals surface area contributed by atoms with Gasteiger partial charge in [0.15, 0.2) is 5.01 Å². The van der Waals surface area contributed by atoms with Gasteiger partial charge in [0.25, 0.3) is 6.43 Å². The Bertz CT molecular complexity index is 312. The third-order valence-corrected chi connectivity index (χ3v) is 3.25. The third-order valence-electron chi connectivity index (χ3n) is 2.23. The van der Waals surface area contributed by atoms with Gasteiger partial charge in [-0.2, -0.15) is 0 Å². The second kappa shape index (κ2) is 3.74. The van der Waals surface area contributed by atoms with Gasteiger partial charge in [-0.3, -0.25) is 0 Å². The molecule has 0 saturated carbocycles. The van der Waals surface area contributed by atoms with Crippen LogP contribution in [0.5, 0.6) is 0 Å². The average Bonchev–Trinajstić information content (AvgIpc) is 2.48. The fourth-order valence-electron chi connectivity index (χ4n) is 1.16. The van der Waals surface area contributed by atoms with Crippen molar-refractivity contribution in [3.8, 4) is 0 Å². The van der Waals surface area contributed by atoms with Crippen LogP contribution >= 0.6 is 11.3 Å². The fourth-order valence-corrected chi connectivity index (χ4v) is 1.89. The van der Waals surface area contributed by atoms with Gasteiger partial charge >= 0.3 is 0 Å². The monoisotopic (exact) mass is 220 g/mol. The van der Waals surface area contributed by atoms with Gasteiger partial charge in [-0.1, -0.05) is 11.3 Å². The lowest BCUT2D eigenvalue weighted by molar-refractivity contribution is 0.150. The number of anilines is 1. The number of hydrogen-bond acceptors (Lipinski definition) is 5. The Labute approximate surface area is 83.9 Å². The molecule has 0 aromatic carbocycles. The Morgan fingerprint density at radius 2 is 2.21 bits per heavy atom. The molecule has 78 valence electrons. The molecule has 0 atom stereocenters. The standard InChI is InChI=1S/C7H10F2N4S/c1-13(4-2-10-3-4)7-12-11-6(14-7)5(8)9/h4-5,10H,2-3H2,1H3. The SMILES string of the molecule is CN(c1nnc(C(F)F)s1)C1CNC1. The van der Waals surface area contributed by atoms with E-state index >= 15 is 0 Å². The fraction of sp³-hybridized carbons (Fsp3) is 0.714. The largest absolute Gasteiger partial charge is 0.344 e. The van der Waals surface area contributed by atoms with Crippen LogP contribution in [0.2, 0.25) is 0 Å². The minimum atomic E-state index is -2.52. The van der Waals surface area contributed by atoms with E-state index in [1.807, 2.05) is 11.9 Å². The highest BCUT2D eigenvalue weighted by atomic mass is 32.1. The third kappa shape index (κ3) is 1.69. The number of likely N-dealkylation sites (N-methyl/N-ethyl adjacent to an activating group) is 1. The molecule has 2 heterocycles. The van der Waals surface area contributed by atoms with Gasteiger partial charge in [0, 0.05) is 20.1 Å². The van der Waals surface area contributed by atoms with Gasteiger partial charge in [0.05, 0.1) is 6.04 Å². The molecule has 0 amide bonds. The van der Waals surface area contributed by atoms with E-state index in [2.05, 4.69) is 15.5 Å². The lowest BCUT2D eigenvalue weighted by atomic mass is 10.2. The summed E-state index contributed by atoms with van der Waals surface area (Å²) < 4.78 is 24.4. The molecule has 1 saturated heterocycles. The number of alkyl halides is 2. The maximum atomic E-state index is 12.2. The van der Waals surface area contributed by atoms with Gasteiger partial charge in [0.2, 0.25) is 5.13 Å². The van der Waals surface area contributed by atoms with Crippen LogP contribution < -0.4 is 10.2 Å². The van der Waals surface area contributed by atoms with E-state index in [1.54, 1.807) is 0 Å². The van der Waals surface area contributed by atoms with Crippen LogP contribution in [-0.2, 0) is 0 Å². The molecule has 0 radical (unpaired) electrons. The quantitative estimate of drug-likeness (QED) is 0.821. The summed E-state index contributed by atoms with van der Waals surface area (Å²) in [4.78, 5) is 1.89. The predicted octanol–water partition coefficient (Wildman–Crippen LogP) is 0.884. The zero-order valence-corrected chi connectivity index (χ0v) is 8.39. The number of halogens is 2. The maximum absolute atomic E-state index is 12.2. The molecular formula is C7H10F2N4S. The zero-order chi connectivity index (χ0) is 10.1. The van der Waals surface area contributed by atoms with Crippen molar-refractivity contribution in [2.24, 2.45) is 0 Å². The molecule has 0 unspecified atom stereocenters. The van der Waals surface area contributed by atoms with Crippen molar-refractivity contribution < 1.29 is 8.78 Å². The lowest BCUT2D eigenvalue weighted by Gasteiger charge is -2.35. The number of hydrogen-bond donors (Lipinski definition) is 1. The van der Waals surface area contributed by atoms with E-state index in [1.165, 1.54) is 0 Å². The van der Waals surface area contributed by atoms with E-state index in [0.717, 1.165) is 24.4 Å². The summed E-state index contributed by atoms with van der Waals surface area (Å²) in [6.07, 6.45) is -2.52. The van der Waals surface area contributed by atoms with Crippen LogP contribution in [-0.4, -0.2) is 36.4 Å². The van der Waals surface area contributed by atoms with E-state index in [9.17, 15) is 8.78 Å². The van der Waals surface area contributed by atoms with Gasteiger partial charge in [0.1, 0.15) is 0 Å². The molecule has 0 aliphatic carbocycles. The Hall–Kier alpha value is -0.820.